The fraction of sp³-hybridized carbons (Fsp3) is 0.125. The highest BCUT2D eigenvalue weighted by atomic mass is 35.5. The molecule has 3 aromatic heterocycles. The molecule has 0 aliphatic heterocycles. The summed E-state index contributed by atoms with van der Waals surface area (Å²) in [4.78, 5) is 34.1. The maximum absolute atomic E-state index is 12.6. The third-order valence-corrected chi connectivity index (χ3v) is 4.93. The molecular formula is C16H11ClN4O2S. The fourth-order valence-electron chi connectivity index (χ4n) is 2.60. The molecule has 0 saturated carbocycles. The Morgan fingerprint density at radius 2 is 2.08 bits per heavy atom. The van der Waals surface area contributed by atoms with Gasteiger partial charge in [0.05, 0.1) is 29.5 Å². The molecule has 24 heavy (non-hydrogen) atoms. The van der Waals surface area contributed by atoms with Crippen molar-refractivity contribution in [2.45, 2.75) is 13.5 Å². The monoisotopic (exact) mass is 358 g/mol. The van der Waals surface area contributed by atoms with Crippen molar-refractivity contribution < 1.29 is 0 Å². The summed E-state index contributed by atoms with van der Waals surface area (Å²) in [5.74, 6) is 0. The minimum absolute atomic E-state index is 0.151. The van der Waals surface area contributed by atoms with Gasteiger partial charge in [-0.15, -0.1) is 11.3 Å². The van der Waals surface area contributed by atoms with Crippen LogP contribution in [0.5, 0.6) is 0 Å². The summed E-state index contributed by atoms with van der Waals surface area (Å²) in [5.41, 5.74) is 1.57. The average molecular weight is 359 g/mol. The van der Waals surface area contributed by atoms with Crippen molar-refractivity contribution in [2.24, 2.45) is 0 Å². The van der Waals surface area contributed by atoms with Gasteiger partial charge in [0.1, 0.15) is 0 Å². The average Bonchev–Trinajstić information content (AvgIpc) is 2.92. The summed E-state index contributed by atoms with van der Waals surface area (Å²) >= 11 is 7.32. The van der Waals surface area contributed by atoms with Crippen molar-refractivity contribution in [2.75, 3.05) is 0 Å². The van der Waals surface area contributed by atoms with Crippen LogP contribution < -0.4 is 11.1 Å². The van der Waals surface area contributed by atoms with E-state index >= 15 is 0 Å². The number of thiazole rings is 1. The molecule has 0 aliphatic carbocycles. The number of fused-ring (bicyclic) bond motifs is 2. The minimum atomic E-state index is -0.193. The van der Waals surface area contributed by atoms with Crippen LogP contribution in [0, 0.1) is 6.92 Å². The Balaban J connectivity index is 1.82. The molecule has 0 atom stereocenters. The van der Waals surface area contributed by atoms with Gasteiger partial charge in [0, 0.05) is 22.2 Å². The van der Waals surface area contributed by atoms with E-state index in [0.717, 1.165) is 5.69 Å². The number of rotatable bonds is 2. The van der Waals surface area contributed by atoms with Crippen molar-refractivity contribution in [3.63, 3.8) is 0 Å². The molecule has 0 unspecified atom stereocenters. The van der Waals surface area contributed by atoms with E-state index in [2.05, 4.69) is 9.97 Å². The van der Waals surface area contributed by atoms with E-state index in [-0.39, 0.29) is 17.7 Å². The first-order valence-electron chi connectivity index (χ1n) is 7.14. The second-order valence-corrected chi connectivity index (χ2v) is 6.69. The predicted molar refractivity (Wildman–Crippen MR) is 94.2 cm³/mol. The second kappa shape index (κ2) is 5.54. The molecule has 4 rings (SSSR count). The molecule has 0 amide bonds. The van der Waals surface area contributed by atoms with Crippen LogP contribution in [0.3, 0.4) is 0 Å². The van der Waals surface area contributed by atoms with E-state index in [1.54, 1.807) is 22.6 Å². The zero-order valence-corrected chi connectivity index (χ0v) is 14.1. The third-order valence-electron chi connectivity index (χ3n) is 3.75. The van der Waals surface area contributed by atoms with E-state index in [9.17, 15) is 9.59 Å². The van der Waals surface area contributed by atoms with Gasteiger partial charge >= 0.3 is 0 Å². The summed E-state index contributed by atoms with van der Waals surface area (Å²) in [6.45, 7) is 2.04. The van der Waals surface area contributed by atoms with E-state index in [1.807, 2.05) is 12.3 Å². The lowest BCUT2D eigenvalue weighted by atomic mass is 10.2. The SMILES string of the molecule is Cc1csc2nc(Cn3cnc4cc(Cl)ccc4c3=O)cc(=O)n12. The predicted octanol–water partition coefficient (Wildman–Crippen LogP) is 2.48. The van der Waals surface area contributed by atoms with Crippen LogP contribution in [0.15, 0.2) is 45.6 Å². The quantitative estimate of drug-likeness (QED) is 0.552. The molecule has 0 saturated heterocycles. The van der Waals surface area contributed by atoms with Crippen LogP contribution in [-0.4, -0.2) is 18.9 Å². The van der Waals surface area contributed by atoms with Gasteiger partial charge in [0.2, 0.25) is 0 Å². The number of aromatic nitrogens is 4. The topological polar surface area (TPSA) is 69.3 Å². The first kappa shape index (κ1) is 15.0. The largest absolute Gasteiger partial charge is 0.293 e. The molecule has 8 heteroatoms. The van der Waals surface area contributed by atoms with E-state index in [4.69, 9.17) is 11.6 Å². The van der Waals surface area contributed by atoms with Gasteiger partial charge in [-0.05, 0) is 25.1 Å². The lowest BCUT2D eigenvalue weighted by Crippen LogP contribution is -2.23. The highest BCUT2D eigenvalue weighted by Crippen LogP contribution is 2.15. The van der Waals surface area contributed by atoms with Gasteiger partial charge in [-0.25, -0.2) is 9.97 Å². The molecule has 120 valence electrons. The Kier molecular flexibility index (Phi) is 3.47. The molecule has 0 N–H and O–H groups in total. The lowest BCUT2D eigenvalue weighted by molar-refractivity contribution is 0.727. The molecule has 0 radical (unpaired) electrons. The number of nitrogens with zero attached hydrogens (tertiary/aromatic N) is 4. The van der Waals surface area contributed by atoms with E-state index in [0.29, 0.717) is 26.6 Å². The van der Waals surface area contributed by atoms with Crippen molar-refractivity contribution in [1.82, 2.24) is 18.9 Å². The Labute approximate surface area is 144 Å². The maximum atomic E-state index is 12.6. The summed E-state index contributed by atoms with van der Waals surface area (Å²) in [6, 6.07) is 6.40. The van der Waals surface area contributed by atoms with Gasteiger partial charge < -0.3 is 0 Å². The smallest absolute Gasteiger partial charge is 0.261 e. The molecule has 0 fully saturated rings. The highest BCUT2D eigenvalue weighted by molar-refractivity contribution is 7.15. The normalized spacial score (nSPS) is 11.4. The second-order valence-electron chi connectivity index (χ2n) is 5.42. The number of hydrogen-bond acceptors (Lipinski definition) is 5. The number of hydrogen-bond donors (Lipinski definition) is 0. The molecule has 3 heterocycles. The molecule has 0 bridgehead atoms. The van der Waals surface area contributed by atoms with E-state index < -0.39 is 0 Å². The van der Waals surface area contributed by atoms with Gasteiger partial charge in [-0.2, -0.15) is 0 Å². The molecule has 6 nitrogen and oxygen atoms in total. The van der Waals surface area contributed by atoms with Crippen molar-refractivity contribution in [1.29, 1.82) is 0 Å². The first-order valence-corrected chi connectivity index (χ1v) is 8.40. The molecule has 1 aromatic carbocycles. The number of halogens is 1. The van der Waals surface area contributed by atoms with Crippen LogP contribution in [-0.2, 0) is 6.54 Å². The van der Waals surface area contributed by atoms with E-state index in [1.165, 1.54) is 28.3 Å². The summed E-state index contributed by atoms with van der Waals surface area (Å²) in [5, 5.41) is 2.88. The Morgan fingerprint density at radius 3 is 2.92 bits per heavy atom. The van der Waals surface area contributed by atoms with Gasteiger partial charge in [-0.3, -0.25) is 18.6 Å². The lowest BCUT2D eigenvalue weighted by Gasteiger charge is -2.07. The van der Waals surface area contributed by atoms with Gasteiger partial charge in [0.25, 0.3) is 11.1 Å². The molecule has 0 aliphatic rings. The van der Waals surface area contributed by atoms with Crippen LogP contribution in [0.4, 0.5) is 0 Å². The van der Waals surface area contributed by atoms with Crippen molar-refractivity contribution >= 4 is 38.8 Å². The van der Waals surface area contributed by atoms with Crippen molar-refractivity contribution in [3.8, 4) is 0 Å². The summed E-state index contributed by atoms with van der Waals surface area (Å²) in [6.07, 6.45) is 1.45. The minimum Gasteiger partial charge on any atom is -0.293 e. The highest BCUT2D eigenvalue weighted by Gasteiger charge is 2.09. The Hall–Kier alpha value is -2.51. The van der Waals surface area contributed by atoms with Gasteiger partial charge in [0.15, 0.2) is 4.96 Å². The Bertz CT molecular complexity index is 1210. The summed E-state index contributed by atoms with van der Waals surface area (Å²) < 4.78 is 2.99. The number of aryl methyl sites for hydroxylation is 1. The summed E-state index contributed by atoms with van der Waals surface area (Å²) in [7, 11) is 0. The van der Waals surface area contributed by atoms with Crippen molar-refractivity contribution in [3.05, 3.63) is 73.1 Å². The van der Waals surface area contributed by atoms with Crippen LogP contribution in [0.25, 0.3) is 15.9 Å². The van der Waals surface area contributed by atoms with Crippen LogP contribution in [0.1, 0.15) is 11.4 Å². The van der Waals surface area contributed by atoms with Crippen LogP contribution >= 0.6 is 22.9 Å². The van der Waals surface area contributed by atoms with Crippen LogP contribution in [0.2, 0.25) is 5.02 Å². The fourth-order valence-corrected chi connectivity index (χ4v) is 3.66. The Morgan fingerprint density at radius 1 is 1.25 bits per heavy atom. The first-order chi connectivity index (χ1) is 11.5. The van der Waals surface area contributed by atoms with Gasteiger partial charge in [-0.1, -0.05) is 11.6 Å². The molecular weight excluding hydrogens is 348 g/mol. The standard InChI is InChI=1S/C16H11ClN4O2S/c1-9-7-24-16-19-11(5-14(22)21(9)16)6-20-8-18-13-4-10(17)2-3-12(13)15(20)23/h2-5,7-8H,6H2,1H3. The zero-order valence-electron chi connectivity index (χ0n) is 12.6. The zero-order chi connectivity index (χ0) is 16.8. The molecule has 0 spiro atoms. The number of benzene rings is 1. The third kappa shape index (κ3) is 2.42. The molecule has 4 aromatic rings. The maximum Gasteiger partial charge on any atom is 0.261 e.